The highest BCUT2D eigenvalue weighted by atomic mass is 16.3. The zero-order chi connectivity index (χ0) is 10.1. The molecule has 2 rings (SSSR count). The molecule has 2 saturated carbocycles. The molecule has 2 fully saturated rings. The van der Waals surface area contributed by atoms with E-state index in [0.717, 1.165) is 38.6 Å². The van der Waals surface area contributed by atoms with Crippen LogP contribution in [0.4, 0.5) is 0 Å². The summed E-state index contributed by atoms with van der Waals surface area (Å²) in [7, 11) is 2.10. The average molecular weight is 199 g/mol. The van der Waals surface area contributed by atoms with E-state index in [4.69, 9.17) is 0 Å². The molecule has 2 aliphatic carbocycles. The molecule has 2 atom stereocenters. The van der Waals surface area contributed by atoms with Crippen molar-refractivity contribution >= 4 is 0 Å². The minimum Gasteiger partial charge on any atom is -0.393 e. The first kappa shape index (κ1) is 10.4. The molecule has 82 valence electrons. The van der Waals surface area contributed by atoms with Crippen LogP contribution < -0.4 is 0 Å². The highest BCUT2D eigenvalue weighted by Gasteiger charge is 2.33. The molecular weight excluding hydrogens is 178 g/mol. The predicted molar refractivity (Wildman–Crippen MR) is 55.0 cm³/mol. The van der Waals surface area contributed by atoms with Gasteiger partial charge in [-0.15, -0.1) is 0 Å². The van der Waals surface area contributed by atoms with Crippen molar-refractivity contribution < 1.29 is 10.2 Å². The summed E-state index contributed by atoms with van der Waals surface area (Å²) in [4.78, 5) is 2.29. The van der Waals surface area contributed by atoms with Crippen LogP contribution in [-0.4, -0.2) is 47.0 Å². The van der Waals surface area contributed by atoms with Crippen molar-refractivity contribution in [2.45, 2.75) is 50.4 Å². The molecular formula is C11H21NO2. The fraction of sp³-hybridized carbons (Fsp3) is 1.00. The number of aliphatic hydroxyl groups excluding tert-OH is 2. The van der Waals surface area contributed by atoms with E-state index in [0.29, 0.717) is 12.0 Å². The number of likely N-dealkylation sites (N-methyl/N-ethyl adjacent to an activating group) is 1. The zero-order valence-corrected chi connectivity index (χ0v) is 8.89. The molecule has 0 amide bonds. The van der Waals surface area contributed by atoms with Crippen LogP contribution in [0.5, 0.6) is 0 Å². The van der Waals surface area contributed by atoms with Crippen LogP contribution >= 0.6 is 0 Å². The van der Waals surface area contributed by atoms with Gasteiger partial charge in [0.25, 0.3) is 0 Å². The van der Waals surface area contributed by atoms with E-state index in [2.05, 4.69) is 11.9 Å². The standard InChI is InChI=1S/C11H21NO2/c1-12(7-8-5-9(13)6-8)10-3-2-4-11(10)14/h8-11,13-14H,2-7H2,1H3. The summed E-state index contributed by atoms with van der Waals surface area (Å²) in [6, 6.07) is 0.368. The molecule has 3 heteroatoms. The summed E-state index contributed by atoms with van der Waals surface area (Å²) < 4.78 is 0. The first-order chi connectivity index (χ1) is 6.66. The van der Waals surface area contributed by atoms with Gasteiger partial charge in [0.2, 0.25) is 0 Å². The van der Waals surface area contributed by atoms with E-state index in [1.807, 2.05) is 0 Å². The van der Waals surface area contributed by atoms with Gasteiger partial charge in [-0.05, 0) is 45.1 Å². The van der Waals surface area contributed by atoms with Gasteiger partial charge in [-0.25, -0.2) is 0 Å². The van der Waals surface area contributed by atoms with Gasteiger partial charge in [-0.1, -0.05) is 0 Å². The van der Waals surface area contributed by atoms with Gasteiger partial charge >= 0.3 is 0 Å². The van der Waals surface area contributed by atoms with Crippen molar-refractivity contribution in [2.75, 3.05) is 13.6 Å². The average Bonchev–Trinajstić information content (AvgIpc) is 2.48. The molecule has 0 heterocycles. The van der Waals surface area contributed by atoms with Crippen molar-refractivity contribution in [3.63, 3.8) is 0 Å². The maximum Gasteiger partial charge on any atom is 0.0695 e. The summed E-state index contributed by atoms with van der Waals surface area (Å²) >= 11 is 0. The third-order valence-electron chi connectivity index (χ3n) is 3.77. The molecule has 0 aliphatic heterocycles. The lowest BCUT2D eigenvalue weighted by Gasteiger charge is -2.37. The van der Waals surface area contributed by atoms with Crippen LogP contribution in [-0.2, 0) is 0 Å². The SMILES string of the molecule is CN(CC1CC(O)C1)C1CCCC1O. The fourth-order valence-corrected chi connectivity index (χ4v) is 2.83. The molecule has 3 nitrogen and oxygen atoms in total. The molecule has 0 aromatic heterocycles. The summed E-state index contributed by atoms with van der Waals surface area (Å²) in [6.07, 6.45) is 4.98. The van der Waals surface area contributed by atoms with Crippen LogP contribution in [0.3, 0.4) is 0 Å². The Hall–Kier alpha value is -0.120. The second-order valence-electron chi connectivity index (χ2n) is 5.00. The van der Waals surface area contributed by atoms with Gasteiger partial charge in [0.1, 0.15) is 0 Å². The highest BCUT2D eigenvalue weighted by Crippen LogP contribution is 2.30. The monoisotopic (exact) mass is 199 g/mol. The molecule has 0 radical (unpaired) electrons. The van der Waals surface area contributed by atoms with Crippen molar-refractivity contribution in [1.82, 2.24) is 4.90 Å². The summed E-state index contributed by atoms with van der Waals surface area (Å²) in [5.41, 5.74) is 0. The number of hydrogen-bond acceptors (Lipinski definition) is 3. The van der Waals surface area contributed by atoms with E-state index in [1.54, 1.807) is 0 Å². The van der Waals surface area contributed by atoms with Crippen molar-refractivity contribution in [1.29, 1.82) is 0 Å². The highest BCUT2D eigenvalue weighted by molar-refractivity contribution is 4.87. The first-order valence-electron chi connectivity index (χ1n) is 5.73. The van der Waals surface area contributed by atoms with Gasteiger partial charge in [-0.3, -0.25) is 0 Å². The Bertz CT molecular complexity index is 192. The molecule has 0 spiro atoms. The number of aliphatic hydroxyl groups is 2. The van der Waals surface area contributed by atoms with Gasteiger partial charge in [-0.2, -0.15) is 0 Å². The molecule has 2 aliphatic rings. The van der Waals surface area contributed by atoms with Crippen LogP contribution in [0.1, 0.15) is 32.1 Å². The Morgan fingerprint density at radius 3 is 2.43 bits per heavy atom. The maximum atomic E-state index is 9.72. The second kappa shape index (κ2) is 4.17. The molecule has 2 N–H and O–H groups in total. The summed E-state index contributed by atoms with van der Waals surface area (Å²) in [5, 5.41) is 18.9. The Kier molecular flexibility index (Phi) is 3.10. The zero-order valence-electron chi connectivity index (χ0n) is 8.89. The van der Waals surface area contributed by atoms with E-state index < -0.39 is 0 Å². The predicted octanol–water partition coefficient (Wildman–Crippen LogP) is 0.602. The Balaban J connectivity index is 1.74. The third-order valence-corrected chi connectivity index (χ3v) is 3.77. The minimum absolute atomic E-state index is 0.0538. The largest absolute Gasteiger partial charge is 0.393 e. The van der Waals surface area contributed by atoms with E-state index >= 15 is 0 Å². The van der Waals surface area contributed by atoms with E-state index in [9.17, 15) is 10.2 Å². The Labute approximate surface area is 85.7 Å². The quantitative estimate of drug-likeness (QED) is 0.699. The third kappa shape index (κ3) is 2.10. The summed E-state index contributed by atoms with van der Waals surface area (Å²) in [6.45, 7) is 1.04. The summed E-state index contributed by atoms with van der Waals surface area (Å²) in [5.74, 6) is 0.655. The topological polar surface area (TPSA) is 43.7 Å². The Morgan fingerprint density at radius 2 is 1.93 bits per heavy atom. The van der Waals surface area contributed by atoms with Crippen LogP contribution in [0.25, 0.3) is 0 Å². The molecule has 0 saturated heterocycles. The number of rotatable bonds is 3. The Morgan fingerprint density at radius 1 is 1.21 bits per heavy atom. The molecule has 0 aromatic rings. The second-order valence-corrected chi connectivity index (χ2v) is 5.00. The fourth-order valence-electron chi connectivity index (χ4n) is 2.83. The molecule has 2 unspecified atom stereocenters. The van der Waals surface area contributed by atoms with Crippen LogP contribution in [0.15, 0.2) is 0 Å². The lowest BCUT2D eigenvalue weighted by molar-refractivity contribution is 0.00912. The van der Waals surface area contributed by atoms with Gasteiger partial charge < -0.3 is 15.1 Å². The van der Waals surface area contributed by atoms with Crippen molar-refractivity contribution in [3.8, 4) is 0 Å². The van der Waals surface area contributed by atoms with Gasteiger partial charge in [0.15, 0.2) is 0 Å². The number of nitrogens with zero attached hydrogens (tertiary/aromatic N) is 1. The smallest absolute Gasteiger partial charge is 0.0695 e. The lowest BCUT2D eigenvalue weighted by atomic mass is 9.82. The van der Waals surface area contributed by atoms with Crippen molar-refractivity contribution in [2.24, 2.45) is 5.92 Å². The van der Waals surface area contributed by atoms with Crippen LogP contribution in [0.2, 0.25) is 0 Å². The molecule has 0 bridgehead atoms. The van der Waals surface area contributed by atoms with Crippen LogP contribution in [0, 0.1) is 5.92 Å². The van der Waals surface area contributed by atoms with E-state index in [1.165, 1.54) is 0 Å². The number of hydrogen-bond donors (Lipinski definition) is 2. The van der Waals surface area contributed by atoms with E-state index in [-0.39, 0.29) is 12.2 Å². The molecule has 0 aromatic carbocycles. The lowest BCUT2D eigenvalue weighted by Crippen LogP contribution is -2.44. The normalized spacial score (nSPS) is 42.9. The van der Waals surface area contributed by atoms with Gasteiger partial charge in [0, 0.05) is 12.6 Å². The maximum absolute atomic E-state index is 9.72. The molecule has 14 heavy (non-hydrogen) atoms. The van der Waals surface area contributed by atoms with Crippen molar-refractivity contribution in [3.05, 3.63) is 0 Å². The first-order valence-corrected chi connectivity index (χ1v) is 5.73. The minimum atomic E-state index is -0.120. The van der Waals surface area contributed by atoms with Gasteiger partial charge in [0.05, 0.1) is 12.2 Å².